The molecule has 2 heterocycles. The van der Waals surface area contributed by atoms with E-state index < -0.39 is 0 Å². The smallest absolute Gasteiger partial charge is 0.260 e. The Balaban J connectivity index is 2.30. The Morgan fingerprint density at radius 3 is 2.79 bits per heavy atom. The quantitative estimate of drug-likeness (QED) is 0.641. The topological polar surface area (TPSA) is 89.6 Å². The first-order chi connectivity index (χ1) is 9.06. The molecule has 1 aromatic carbocycles. The largest absolute Gasteiger partial charge is 0.399 e. The van der Waals surface area contributed by atoms with E-state index >= 15 is 0 Å². The number of aryl methyl sites for hydroxylation is 1. The number of aromatic nitrogens is 4. The highest BCUT2D eigenvalue weighted by atomic mass is 16.1. The van der Waals surface area contributed by atoms with Crippen molar-refractivity contribution < 1.29 is 0 Å². The highest BCUT2D eigenvalue weighted by Crippen LogP contribution is 2.14. The monoisotopic (exact) mass is 255 g/mol. The molecule has 0 spiro atoms. The summed E-state index contributed by atoms with van der Waals surface area (Å²) in [6, 6.07) is 5.09. The zero-order valence-electron chi connectivity index (χ0n) is 10.6. The molecule has 0 bridgehead atoms. The van der Waals surface area contributed by atoms with Crippen molar-refractivity contribution in [2.24, 2.45) is 0 Å². The molecule has 19 heavy (non-hydrogen) atoms. The van der Waals surface area contributed by atoms with Crippen LogP contribution in [0.25, 0.3) is 16.9 Å². The van der Waals surface area contributed by atoms with Gasteiger partial charge in [0.05, 0.1) is 16.6 Å². The minimum absolute atomic E-state index is 0.210. The fourth-order valence-electron chi connectivity index (χ4n) is 1.97. The Labute approximate surface area is 108 Å². The molecular weight excluding hydrogens is 242 g/mol. The molecule has 0 aliphatic heterocycles. The molecule has 0 aliphatic carbocycles. The normalized spacial score (nSPS) is 11.1. The van der Waals surface area contributed by atoms with Crippen LogP contribution in [-0.4, -0.2) is 19.5 Å². The van der Waals surface area contributed by atoms with Crippen LogP contribution in [0.4, 0.5) is 5.69 Å². The standard InChI is InChI=1S/C13H13N5O/c1-7-8(2)18(6-15-7)13-16-11-4-3-9(14)5-10(11)12(19)17-13/h3-6H,14H2,1-2H3,(H,16,17,19). The molecule has 0 atom stereocenters. The molecular formula is C13H13N5O. The Kier molecular flexibility index (Phi) is 2.38. The Morgan fingerprint density at radius 2 is 2.11 bits per heavy atom. The SMILES string of the molecule is Cc1ncn(-c2nc3ccc(N)cc3c(=O)[nH]2)c1C. The molecule has 3 N–H and O–H groups in total. The van der Waals surface area contributed by atoms with Crippen molar-refractivity contribution in [3.05, 3.63) is 46.3 Å². The number of H-pyrrole nitrogens is 1. The summed E-state index contributed by atoms with van der Waals surface area (Å²) in [7, 11) is 0. The maximum Gasteiger partial charge on any atom is 0.260 e. The average molecular weight is 255 g/mol. The molecule has 2 aromatic heterocycles. The summed E-state index contributed by atoms with van der Waals surface area (Å²) in [6.45, 7) is 3.83. The Bertz CT molecular complexity index is 831. The summed E-state index contributed by atoms with van der Waals surface area (Å²) in [4.78, 5) is 23.4. The van der Waals surface area contributed by atoms with Gasteiger partial charge in [0.1, 0.15) is 6.33 Å². The number of hydrogen-bond acceptors (Lipinski definition) is 4. The van der Waals surface area contributed by atoms with Crippen molar-refractivity contribution in [2.75, 3.05) is 5.73 Å². The number of anilines is 1. The fourth-order valence-corrected chi connectivity index (χ4v) is 1.97. The van der Waals surface area contributed by atoms with E-state index in [1.807, 2.05) is 13.8 Å². The number of nitrogens with two attached hydrogens (primary N) is 1. The number of nitrogen functional groups attached to an aromatic ring is 1. The van der Waals surface area contributed by atoms with E-state index in [4.69, 9.17) is 5.73 Å². The Hall–Kier alpha value is -2.63. The van der Waals surface area contributed by atoms with Crippen molar-refractivity contribution >= 4 is 16.6 Å². The van der Waals surface area contributed by atoms with Crippen molar-refractivity contribution in [1.29, 1.82) is 0 Å². The molecule has 0 fully saturated rings. The molecule has 3 rings (SSSR count). The van der Waals surface area contributed by atoms with Gasteiger partial charge in [0.25, 0.3) is 5.56 Å². The van der Waals surface area contributed by atoms with Gasteiger partial charge >= 0.3 is 0 Å². The van der Waals surface area contributed by atoms with E-state index in [-0.39, 0.29) is 5.56 Å². The van der Waals surface area contributed by atoms with Gasteiger partial charge in [0, 0.05) is 11.4 Å². The van der Waals surface area contributed by atoms with Gasteiger partial charge < -0.3 is 5.73 Å². The minimum Gasteiger partial charge on any atom is -0.399 e. The van der Waals surface area contributed by atoms with Crippen molar-refractivity contribution in [3.63, 3.8) is 0 Å². The van der Waals surface area contributed by atoms with Crippen LogP contribution in [0, 0.1) is 13.8 Å². The number of nitrogens with one attached hydrogen (secondary N) is 1. The maximum atomic E-state index is 12.1. The van der Waals surface area contributed by atoms with Crippen LogP contribution >= 0.6 is 0 Å². The number of fused-ring (bicyclic) bond motifs is 1. The maximum absolute atomic E-state index is 12.1. The number of aromatic amines is 1. The van der Waals surface area contributed by atoms with E-state index in [9.17, 15) is 4.79 Å². The molecule has 3 aromatic rings. The predicted octanol–water partition coefficient (Wildman–Crippen LogP) is 1.31. The first-order valence-corrected chi connectivity index (χ1v) is 5.87. The van der Waals surface area contributed by atoms with Gasteiger partial charge in [-0.25, -0.2) is 9.97 Å². The third-order valence-electron chi connectivity index (χ3n) is 3.20. The summed E-state index contributed by atoms with van der Waals surface area (Å²) >= 11 is 0. The minimum atomic E-state index is -0.210. The van der Waals surface area contributed by atoms with Gasteiger partial charge in [-0.15, -0.1) is 0 Å². The van der Waals surface area contributed by atoms with E-state index in [0.717, 1.165) is 11.4 Å². The molecule has 6 heteroatoms. The second-order valence-corrected chi connectivity index (χ2v) is 4.45. The third-order valence-corrected chi connectivity index (χ3v) is 3.20. The van der Waals surface area contributed by atoms with Crippen molar-refractivity contribution in [3.8, 4) is 5.95 Å². The molecule has 0 saturated heterocycles. The zero-order chi connectivity index (χ0) is 13.6. The van der Waals surface area contributed by atoms with Gasteiger partial charge in [-0.05, 0) is 32.0 Å². The van der Waals surface area contributed by atoms with Gasteiger partial charge in [-0.1, -0.05) is 0 Å². The lowest BCUT2D eigenvalue weighted by Crippen LogP contribution is -2.14. The van der Waals surface area contributed by atoms with Crippen molar-refractivity contribution in [1.82, 2.24) is 19.5 Å². The van der Waals surface area contributed by atoms with Crippen molar-refractivity contribution in [2.45, 2.75) is 13.8 Å². The highest BCUT2D eigenvalue weighted by molar-refractivity contribution is 5.81. The summed E-state index contributed by atoms with van der Waals surface area (Å²) < 4.78 is 1.76. The lowest BCUT2D eigenvalue weighted by Gasteiger charge is -2.06. The van der Waals surface area contributed by atoms with Gasteiger partial charge in [-0.3, -0.25) is 14.3 Å². The summed E-state index contributed by atoms with van der Waals surface area (Å²) in [6.07, 6.45) is 1.64. The van der Waals surface area contributed by atoms with Crippen LogP contribution < -0.4 is 11.3 Å². The fraction of sp³-hybridized carbons (Fsp3) is 0.154. The van der Waals surface area contributed by atoms with Crippen LogP contribution in [0.15, 0.2) is 29.3 Å². The molecule has 0 radical (unpaired) electrons. The second kappa shape index (κ2) is 3.94. The molecule has 6 nitrogen and oxygen atoms in total. The molecule has 96 valence electrons. The first-order valence-electron chi connectivity index (χ1n) is 5.87. The van der Waals surface area contributed by atoms with Crippen LogP contribution in [0.1, 0.15) is 11.4 Å². The number of imidazole rings is 1. The highest BCUT2D eigenvalue weighted by Gasteiger charge is 2.09. The number of rotatable bonds is 1. The van der Waals surface area contributed by atoms with Gasteiger partial charge in [-0.2, -0.15) is 0 Å². The lowest BCUT2D eigenvalue weighted by molar-refractivity contribution is 0.897. The van der Waals surface area contributed by atoms with Crippen LogP contribution in [0.3, 0.4) is 0 Å². The zero-order valence-corrected chi connectivity index (χ0v) is 10.6. The molecule has 0 saturated carbocycles. The average Bonchev–Trinajstić information content (AvgIpc) is 2.71. The number of nitrogens with zero attached hydrogens (tertiary/aromatic N) is 3. The summed E-state index contributed by atoms with van der Waals surface area (Å²) in [5, 5.41) is 0.484. The van der Waals surface area contributed by atoms with Gasteiger partial charge in [0.15, 0.2) is 0 Å². The number of benzene rings is 1. The molecule has 0 unspecified atom stereocenters. The number of hydrogen-bond donors (Lipinski definition) is 2. The third kappa shape index (κ3) is 1.77. The second-order valence-electron chi connectivity index (χ2n) is 4.45. The molecule has 0 aliphatic rings. The van der Waals surface area contributed by atoms with E-state index in [0.29, 0.717) is 22.5 Å². The first kappa shape index (κ1) is 11.5. The summed E-state index contributed by atoms with van der Waals surface area (Å²) in [5.74, 6) is 0.459. The van der Waals surface area contributed by atoms with Crippen LogP contribution in [0.5, 0.6) is 0 Å². The Morgan fingerprint density at radius 1 is 1.32 bits per heavy atom. The molecule has 0 amide bonds. The van der Waals surface area contributed by atoms with E-state index in [2.05, 4.69) is 15.0 Å². The predicted molar refractivity (Wildman–Crippen MR) is 73.4 cm³/mol. The van der Waals surface area contributed by atoms with Crippen LogP contribution in [-0.2, 0) is 0 Å². The van der Waals surface area contributed by atoms with Gasteiger partial charge in [0.2, 0.25) is 5.95 Å². The van der Waals surface area contributed by atoms with Crippen LogP contribution in [0.2, 0.25) is 0 Å². The van der Waals surface area contributed by atoms with E-state index in [1.165, 1.54) is 0 Å². The lowest BCUT2D eigenvalue weighted by atomic mass is 10.2. The summed E-state index contributed by atoms with van der Waals surface area (Å²) in [5.41, 5.74) is 8.46. The van der Waals surface area contributed by atoms with E-state index in [1.54, 1.807) is 29.1 Å².